The van der Waals surface area contributed by atoms with Gasteiger partial charge in [0.05, 0.1) is 12.1 Å². The van der Waals surface area contributed by atoms with Gasteiger partial charge in [0, 0.05) is 47.7 Å². The molecule has 3 heterocycles. The van der Waals surface area contributed by atoms with Crippen LogP contribution in [-0.2, 0) is 6.54 Å². The largest absolute Gasteiger partial charge is 0.365 e. The highest BCUT2D eigenvalue weighted by molar-refractivity contribution is 7.11. The molecule has 1 saturated heterocycles. The van der Waals surface area contributed by atoms with Crippen molar-refractivity contribution in [3.8, 4) is 0 Å². The van der Waals surface area contributed by atoms with Gasteiger partial charge in [0.15, 0.2) is 0 Å². The molecule has 0 aromatic carbocycles. The molecule has 1 fully saturated rings. The zero-order valence-electron chi connectivity index (χ0n) is 16.7. The molecule has 1 aliphatic rings. The first-order valence-electron chi connectivity index (χ1n) is 9.78. The predicted molar refractivity (Wildman–Crippen MR) is 112 cm³/mol. The van der Waals surface area contributed by atoms with Gasteiger partial charge in [-0.3, -0.25) is 9.69 Å². The lowest BCUT2D eigenvalue weighted by atomic mass is 10.1. The summed E-state index contributed by atoms with van der Waals surface area (Å²) in [6, 6.07) is 8.99. The fraction of sp³-hybridized carbons (Fsp3) is 0.524. The second-order valence-electron chi connectivity index (χ2n) is 7.44. The van der Waals surface area contributed by atoms with E-state index in [1.54, 1.807) is 17.5 Å². The number of aryl methyl sites for hydroxylation is 1. The van der Waals surface area contributed by atoms with E-state index in [4.69, 9.17) is 0 Å². The molecule has 0 spiro atoms. The number of hydrogen-bond acceptors (Lipinski definition) is 5. The molecule has 2 aromatic heterocycles. The van der Waals surface area contributed by atoms with E-state index < -0.39 is 0 Å². The minimum absolute atomic E-state index is 0.0878. The third-order valence-electron chi connectivity index (χ3n) is 5.20. The molecule has 1 atom stereocenters. The number of nitrogens with one attached hydrogen (secondary N) is 1. The number of piperazine rings is 1. The van der Waals surface area contributed by atoms with Gasteiger partial charge in [-0.05, 0) is 51.5 Å². The molecule has 1 amide bonds. The van der Waals surface area contributed by atoms with Crippen molar-refractivity contribution in [3.63, 3.8) is 0 Å². The van der Waals surface area contributed by atoms with E-state index in [2.05, 4.69) is 55.0 Å². The summed E-state index contributed by atoms with van der Waals surface area (Å²) in [7, 11) is 0. The van der Waals surface area contributed by atoms with Crippen molar-refractivity contribution >= 4 is 23.1 Å². The van der Waals surface area contributed by atoms with Gasteiger partial charge in [0.1, 0.15) is 5.82 Å². The highest BCUT2D eigenvalue weighted by atomic mass is 32.1. The maximum absolute atomic E-state index is 12.9. The number of hydrogen-bond donors (Lipinski definition) is 1. The number of rotatable bonds is 6. The van der Waals surface area contributed by atoms with Crippen LogP contribution in [0.5, 0.6) is 0 Å². The first-order chi connectivity index (χ1) is 13.0. The van der Waals surface area contributed by atoms with Crippen LogP contribution in [0.4, 0.5) is 5.82 Å². The molecule has 0 aliphatic carbocycles. The predicted octanol–water partition coefficient (Wildman–Crippen LogP) is 4.01. The van der Waals surface area contributed by atoms with E-state index in [0.717, 1.165) is 38.4 Å². The van der Waals surface area contributed by atoms with E-state index in [9.17, 15) is 4.79 Å². The van der Waals surface area contributed by atoms with E-state index in [0.29, 0.717) is 17.6 Å². The van der Waals surface area contributed by atoms with Crippen LogP contribution >= 0.6 is 11.3 Å². The third kappa shape index (κ3) is 4.87. The molecule has 6 heteroatoms. The number of nitrogens with zero attached hydrogens (tertiary/aromatic N) is 3. The number of anilines is 1. The zero-order valence-corrected chi connectivity index (χ0v) is 17.6. The number of amides is 1. The Morgan fingerprint density at radius 3 is 2.70 bits per heavy atom. The van der Waals surface area contributed by atoms with Crippen molar-refractivity contribution in [3.05, 3.63) is 45.8 Å². The fourth-order valence-electron chi connectivity index (χ4n) is 3.66. The van der Waals surface area contributed by atoms with Gasteiger partial charge in [-0.1, -0.05) is 6.92 Å². The minimum atomic E-state index is 0.0878. The Balaban J connectivity index is 1.58. The summed E-state index contributed by atoms with van der Waals surface area (Å²) in [6.45, 7) is 12.0. The van der Waals surface area contributed by atoms with Crippen LogP contribution in [0.15, 0.2) is 30.5 Å². The molecule has 3 rings (SSSR count). The van der Waals surface area contributed by atoms with E-state index in [1.165, 1.54) is 9.75 Å². The summed E-state index contributed by atoms with van der Waals surface area (Å²) in [5, 5.41) is 3.32. The van der Waals surface area contributed by atoms with Crippen LogP contribution in [0.3, 0.4) is 0 Å². The second-order valence-corrected chi connectivity index (χ2v) is 8.82. The van der Waals surface area contributed by atoms with Crippen molar-refractivity contribution in [2.24, 2.45) is 0 Å². The SMILES string of the molecule is CCC1CN(C(=O)c2ccc(NCc3ccc(C)s3)nc2)CCN1C(C)C. The van der Waals surface area contributed by atoms with Crippen LogP contribution in [0.2, 0.25) is 0 Å². The normalized spacial score (nSPS) is 18.1. The fourth-order valence-corrected chi connectivity index (χ4v) is 4.49. The number of carbonyl (C=O) groups is 1. The molecule has 1 unspecified atom stereocenters. The average Bonchev–Trinajstić information content (AvgIpc) is 3.10. The zero-order chi connectivity index (χ0) is 19.4. The monoisotopic (exact) mass is 386 g/mol. The molecular weight excluding hydrogens is 356 g/mol. The second kappa shape index (κ2) is 8.85. The van der Waals surface area contributed by atoms with E-state index in [1.807, 2.05) is 17.0 Å². The number of pyridine rings is 1. The van der Waals surface area contributed by atoms with Crippen LogP contribution in [-0.4, -0.2) is 52.4 Å². The first-order valence-corrected chi connectivity index (χ1v) is 10.6. The van der Waals surface area contributed by atoms with E-state index >= 15 is 0 Å². The maximum atomic E-state index is 12.9. The topological polar surface area (TPSA) is 48.5 Å². The number of thiophene rings is 1. The molecule has 27 heavy (non-hydrogen) atoms. The Morgan fingerprint density at radius 2 is 2.11 bits per heavy atom. The molecule has 0 radical (unpaired) electrons. The number of carbonyl (C=O) groups excluding carboxylic acids is 1. The molecule has 2 aromatic rings. The highest BCUT2D eigenvalue weighted by Gasteiger charge is 2.30. The molecular formula is C21H30N4OS. The van der Waals surface area contributed by atoms with Crippen LogP contribution < -0.4 is 5.32 Å². The van der Waals surface area contributed by atoms with Gasteiger partial charge < -0.3 is 10.2 Å². The van der Waals surface area contributed by atoms with Crippen LogP contribution in [0.25, 0.3) is 0 Å². The van der Waals surface area contributed by atoms with Gasteiger partial charge in [-0.2, -0.15) is 0 Å². The summed E-state index contributed by atoms with van der Waals surface area (Å²) in [5.74, 6) is 0.887. The summed E-state index contributed by atoms with van der Waals surface area (Å²) in [4.78, 5) is 24.4. The average molecular weight is 387 g/mol. The van der Waals surface area contributed by atoms with Crippen LogP contribution in [0, 0.1) is 6.92 Å². The van der Waals surface area contributed by atoms with Crippen LogP contribution in [0.1, 0.15) is 47.3 Å². The molecule has 5 nitrogen and oxygen atoms in total. The Labute approximate surface area is 166 Å². The minimum Gasteiger partial charge on any atom is -0.365 e. The lowest BCUT2D eigenvalue weighted by Crippen LogP contribution is -2.56. The van der Waals surface area contributed by atoms with Gasteiger partial charge in [0.25, 0.3) is 5.91 Å². The quantitative estimate of drug-likeness (QED) is 0.815. The highest BCUT2D eigenvalue weighted by Crippen LogP contribution is 2.19. The third-order valence-corrected chi connectivity index (χ3v) is 6.20. The van der Waals surface area contributed by atoms with Gasteiger partial charge >= 0.3 is 0 Å². The maximum Gasteiger partial charge on any atom is 0.255 e. The molecule has 146 valence electrons. The van der Waals surface area contributed by atoms with Crippen molar-refractivity contribution in [2.45, 2.75) is 52.7 Å². The first kappa shape index (κ1) is 19.8. The Kier molecular flexibility index (Phi) is 6.50. The molecule has 0 saturated carbocycles. The smallest absolute Gasteiger partial charge is 0.255 e. The van der Waals surface area contributed by atoms with E-state index in [-0.39, 0.29) is 5.91 Å². The Hall–Kier alpha value is -1.92. The summed E-state index contributed by atoms with van der Waals surface area (Å²) >= 11 is 1.78. The van der Waals surface area contributed by atoms with Crippen molar-refractivity contribution < 1.29 is 4.79 Å². The van der Waals surface area contributed by atoms with Gasteiger partial charge in [-0.25, -0.2) is 4.98 Å². The Bertz CT molecular complexity index is 756. The van der Waals surface area contributed by atoms with Crippen molar-refractivity contribution in [1.82, 2.24) is 14.8 Å². The molecule has 1 N–H and O–H groups in total. The molecule has 0 bridgehead atoms. The summed E-state index contributed by atoms with van der Waals surface area (Å²) in [6.07, 6.45) is 2.76. The van der Waals surface area contributed by atoms with Crippen molar-refractivity contribution in [2.75, 3.05) is 25.0 Å². The summed E-state index contributed by atoms with van der Waals surface area (Å²) in [5.41, 5.74) is 0.667. The Morgan fingerprint density at radius 1 is 1.30 bits per heavy atom. The van der Waals surface area contributed by atoms with Gasteiger partial charge in [0.2, 0.25) is 0 Å². The van der Waals surface area contributed by atoms with Gasteiger partial charge in [-0.15, -0.1) is 11.3 Å². The number of aromatic nitrogens is 1. The molecule has 1 aliphatic heterocycles. The lowest BCUT2D eigenvalue weighted by Gasteiger charge is -2.43. The summed E-state index contributed by atoms with van der Waals surface area (Å²) < 4.78 is 0. The van der Waals surface area contributed by atoms with Crippen molar-refractivity contribution in [1.29, 1.82) is 0 Å². The standard InChI is InChI=1S/C21H30N4OS/c1-5-18-14-24(10-11-25(18)15(2)3)21(26)17-7-9-20(22-12-17)23-13-19-8-6-16(4)27-19/h6-9,12,15,18H,5,10-11,13-14H2,1-4H3,(H,22,23). The lowest BCUT2D eigenvalue weighted by molar-refractivity contribution is 0.0371.